The van der Waals surface area contributed by atoms with Crippen LogP contribution in [0.4, 0.5) is 0 Å². The third-order valence-corrected chi connectivity index (χ3v) is 4.47. The summed E-state index contributed by atoms with van der Waals surface area (Å²) < 4.78 is 32.8. The lowest BCUT2D eigenvalue weighted by Gasteiger charge is -2.15. The van der Waals surface area contributed by atoms with E-state index in [4.69, 9.17) is 0 Å². The van der Waals surface area contributed by atoms with Gasteiger partial charge in [-0.3, -0.25) is 4.55 Å². The molecular weight excluding hydrogens is 272 g/mol. The van der Waals surface area contributed by atoms with E-state index in [-0.39, 0.29) is 16.7 Å². The molecule has 0 bridgehead atoms. The van der Waals surface area contributed by atoms with Crippen LogP contribution < -0.4 is 0 Å². The smallest absolute Gasteiger partial charge is 0.282 e. The van der Waals surface area contributed by atoms with Crippen molar-refractivity contribution in [3.8, 4) is 0 Å². The standard InChI is InChI=1S/C16H20O3S/c1-10(2)12-8-15-13(11(3)4)6-5-7-14(15)16(9-12)20(17,18)19/h5-11H,1-4H3,(H,17,18,19). The maximum absolute atomic E-state index is 11.7. The summed E-state index contributed by atoms with van der Waals surface area (Å²) in [5.41, 5.74) is 2.01. The van der Waals surface area contributed by atoms with Crippen LogP contribution in [-0.2, 0) is 10.1 Å². The Morgan fingerprint density at radius 3 is 2.10 bits per heavy atom. The lowest BCUT2D eigenvalue weighted by atomic mass is 9.92. The van der Waals surface area contributed by atoms with E-state index in [9.17, 15) is 13.0 Å². The fourth-order valence-electron chi connectivity index (χ4n) is 2.45. The van der Waals surface area contributed by atoms with Crippen LogP contribution in [0, 0.1) is 0 Å². The van der Waals surface area contributed by atoms with Crippen molar-refractivity contribution in [2.45, 2.75) is 44.4 Å². The fraction of sp³-hybridized carbons (Fsp3) is 0.375. The second-order valence-corrected chi connectivity index (χ2v) is 7.14. The van der Waals surface area contributed by atoms with Gasteiger partial charge in [-0.15, -0.1) is 0 Å². The summed E-state index contributed by atoms with van der Waals surface area (Å²) in [6.07, 6.45) is 0. The highest BCUT2D eigenvalue weighted by Crippen LogP contribution is 2.33. The number of hydrogen-bond acceptors (Lipinski definition) is 2. The van der Waals surface area contributed by atoms with Gasteiger partial charge in [-0.1, -0.05) is 52.0 Å². The van der Waals surface area contributed by atoms with Crippen LogP contribution in [-0.4, -0.2) is 13.0 Å². The van der Waals surface area contributed by atoms with Gasteiger partial charge in [0.25, 0.3) is 10.1 Å². The molecule has 2 aromatic carbocycles. The molecule has 0 amide bonds. The molecule has 0 fully saturated rings. The van der Waals surface area contributed by atoms with Crippen molar-refractivity contribution in [3.05, 3.63) is 41.5 Å². The lowest BCUT2D eigenvalue weighted by Crippen LogP contribution is -2.03. The van der Waals surface area contributed by atoms with Gasteiger partial charge in [0.2, 0.25) is 0 Å². The second-order valence-electron chi connectivity index (χ2n) is 5.75. The van der Waals surface area contributed by atoms with E-state index in [0.717, 1.165) is 16.5 Å². The summed E-state index contributed by atoms with van der Waals surface area (Å²) in [6, 6.07) is 9.19. The molecule has 0 radical (unpaired) electrons. The quantitative estimate of drug-likeness (QED) is 0.856. The Morgan fingerprint density at radius 2 is 1.60 bits per heavy atom. The van der Waals surface area contributed by atoms with E-state index in [2.05, 4.69) is 13.8 Å². The zero-order valence-electron chi connectivity index (χ0n) is 12.2. The van der Waals surface area contributed by atoms with Crippen LogP contribution in [0.3, 0.4) is 0 Å². The summed E-state index contributed by atoms with van der Waals surface area (Å²) in [5, 5.41) is 1.49. The minimum atomic E-state index is -4.23. The van der Waals surface area contributed by atoms with Crippen molar-refractivity contribution in [2.75, 3.05) is 0 Å². The molecule has 0 unspecified atom stereocenters. The Balaban J connectivity index is 2.96. The molecule has 0 aliphatic carbocycles. The monoisotopic (exact) mass is 292 g/mol. The van der Waals surface area contributed by atoms with Gasteiger partial charge in [-0.05, 0) is 34.4 Å². The van der Waals surface area contributed by atoms with Crippen molar-refractivity contribution < 1.29 is 13.0 Å². The fourth-order valence-corrected chi connectivity index (χ4v) is 3.19. The molecule has 0 atom stereocenters. The van der Waals surface area contributed by atoms with Gasteiger partial charge in [-0.2, -0.15) is 8.42 Å². The van der Waals surface area contributed by atoms with E-state index in [1.54, 1.807) is 12.1 Å². The van der Waals surface area contributed by atoms with E-state index in [0.29, 0.717) is 5.39 Å². The van der Waals surface area contributed by atoms with Gasteiger partial charge in [0, 0.05) is 5.39 Å². The first-order valence-corrected chi connectivity index (χ1v) is 8.20. The van der Waals surface area contributed by atoms with Crippen molar-refractivity contribution in [2.24, 2.45) is 0 Å². The highest BCUT2D eigenvalue weighted by atomic mass is 32.2. The zero-order valence-corrected chi connectivity index (χ0v) is 13.0. The van der Waals surface area contributed by atoms with Gasteiger partial charge < -0.3 is 0 Å². The molecule has 0 heterocycles. The summed E-state index contributed by atoms with van der Waals surface area (Å²) in [4.78, 5) is 0.00111. The average molecular weight is 292 g/mol. The summed E-state index contributed by atoms with van der Waals surface area (Å²) in [7, 11) is -4.23. The highest BCUT2D eigenvalue weighted by Gasteiger charge is 2.18. The van der Waals surface area contributed by atoms with Crippen molar-refractivity contribution >= 4 is 20.9 Å². The molecule has 3 nitrogen and oxygen atoms in total. The predicted molar refractivity (Wildman–Crippen MR) is 81.9 cm³/mol. The number of fused-ring (bicyclic) bond motifs is 1. The summed E-state index contributed by atoms with van der Waals surface area (Å²) >= 11 is 0. The molecule has 2 aromatic rings. The van der Waals surface area contributed by atoms with Crippen molar-refractivity contribution in [1.29, 1.82) is 0 Å². The number of benzene rings is 2. The van der Waals surface area contributed by atoms with Crippen molar-refractivity contribution in [3.63, 3.8) is 0 Å². The van der Waals surface area contributed by atoms with E-state index < -0.39 is 10.1 Å². The molecule has 0 aromatic heterocycles. The molecule has 1 N–H and O–H groups in total. The average Bonchev–Trinajstić information content (AvgIpc) is 2.35. The Morgan fingerprint density at radius 1 is 0.950 bits per heavy atom. The van der Waals surface area contributed by atoms with Crippen LogP contribution in [0.25, 0.3) is 10.8 Å². The molecule has 0 saturated carbocycles. The third kappa shape index (κ3) is 2.72. The van der Waals surface area contributed by atoms with Gasteiger partial charge in [-0.25, -0.2) is 0 Å². The molecule has 0 aliphatic heterocycles. The first-order valence-electron chi connectivity index (χ1n) is 6.76. The van der Waals surface area contributed by atoms with E-state index in [1.807, 2.05) is 32.0 Å². The highest BCUT2D eigenvalue weighted by molar-refractivity contribution is 7.86. The van der Waals surface area contributed by atoms with Crippen molar-refractivity contribution in [1.82, 2.24) is 0 Å². The van der Waals surface area contributed by atoms with Crippen LogP contribution >= 0.6 is 0 Å². The van der Waals surface area contributed by atoms with Crippen LogP contribution in [0.5, 0.6) is 0 Å². The first-order chi connectivity index (χ1) is 9.21. The third-order valence-electron chi connectivity index (χ3n) is 3.58. The zero-order chi connectivity index (χ0) is 15.1. The Labute approximate surface area is 120 Å². The maximum atomic E-state index is 11.7. The Kier molecular flexibility index (Phi) is 3.89. The number of rotatable bonds is 3. The lowest BCUT2D eigenvalue weighted by molar-refractivity contribution is 0.484. The predicted octanol–water partition coefficient (Wildman–Crippen LogP) is 4.33. The molecule has 108 valence electrons. The largest absolute Gasteiger partial charge is 0.295 e. The SMILES string of the molecule is CC(C)c1cc(S(=O)(=O)O)c2cccc(C(C)C)c2c1. The molecular formula is C16H20O3S. The minimum Gasteiger partial charge on any atom is -0.282 e. The van der Waals surface area contributed by atoms with Crippen LogP contribution in [0.2, 0.25) is 0 Å². The molecule has 0 aliphatic rings. The normalized spacial score (nSPS) is 12.6. The van der Waals surface area contributed by atoms with E-state index in [1.165, 1.54) is 0 Å². The molecule has 2 rings (SSSR count). The molecule has 20 heavy (non-hydrogen) atoms. The molecule has 0 spiro atoms. The van der Waals surface area contributed by atoms with Gasteiger partial charge in [0.05, 0.1) is 0 Å². The molecule has 4 heteroatoms. The van der Waals surface area contributed by atoms with Gasteiger partial charge in [0.1, 0.15) is 4.90 Å². The Hall–Kier alpha value is -1.39. The van der Waals surface area contributed by atoms with E-state index >= 15 is 0 Å². The first kappa shape index (κ1) is 15.0. The van der Waals surface area contributed by atoms with Gasteiger partial charge in [0.15, 0.2) is 0 Å². The second kappa shape index (κ2) is 5.19. The maximum Gasteiger partial charge on any atom is 0.295 e. The topological polar surface area (TPSA) is 54.4 Å². The van der Waals surface area contributed by atoms with Gasteiger partial charge >= 0.3 is 0 Å². The summed E-state index contributed by atoms with van der Waals surface area (Å²) in [6.45, 7) is 8.16. The Bertz CT molecular complexity index is 744. The van der Waals surface area contributed by atoms with Crippen LogP contribution in [0.1, 0.15) is 50.7 Å². The number of hydrogen-bond donors (Lipinski definition) is 1. The summed E-state index contributed by atoms with van der Waals surface area (Å²) in [5.74, 6) is 0.482. The molecule has 0 saturated heterocycles. The minimum absolute atomic E-state index is 0.00111. The van der Waals surface area contributed by atoms with Crippen LogP contribution in [0.15, 0.2) is 35.2 Å².